The zero-order valence-corrected chi connectivity index (χ0v) is 7.73. The quantitative estimate of drug-likeness (QED) is 0.384. The summed E-state index contributed by atoms with van der Waals surface area (Å²) in [5, 5.41) is 8.68. The van der Waals surface area contributed by atoms with Crippen LogP contribution in [0.4, 0.5) is 0 Å². The summed E-state index contributed by atoms with van der Waals surface area (Å²) >= 11 is 0. The average Bonchev–Trinajstić information content (AvgIpc) is 2.90. The van der Waals surface area contributed by atoms with Gasteiger partial charge in [-0.3, -0.25) is 0 Å². The van der Waals surface area contributed by atoms with Crippen molar-refractivity contribution in [2.24, 2.45) is 0 Å². The molecular weight excluding hydrogens is 164 g/mol. The number of rotatable bonds is 6. The lowest BCUT2D eigenvalue weighted by Gasteiger charge is -1.84. The first-order valence-electron chi connectivity index (χ1n) is 4.57. The minimum atomic E-state index is 0.0911. The summed E-state index contributed by atoms with van der Waals surface area (Å²) in [6, 6.07) is 0. The third-order valence-corrected chi connectivity index (χ3v) is 1.95. The standard InChI is InChI=1S/C11H16O2/c1-2-3-4-5-6-7-8-10-11(9-12)13-10/h2-4,6-7,10-12H,1,5,8-9H2/b4-3?,7-6-. The first-order chi connectivity index (χ1) is 6.38. The maximum Gasteiger partial charge on any atom is 0.107 e. The van der Waals surface area contributed by atoms with Crippen LogP contribution in [0.25, 0.3) is 0 Å². The van der Waals surface area contributed by atoms with Gasteiger partial charge in [0.25, 0.3) is 0 Å². The van der Waals surface area contributed by atoms with Crippen LogP contribution in [0, 0.1) is 0 Å². The molecule has 0 radical (unpaired) electrons. The highest BCUT2D eigenvalue weighted by Crippen LogP contribution is 2.24. The lowest BCUT2D eigenvalue weighted by atomic mass is 10.2. The first-order valence-corrected chi connectivity index (χ1v) is 4.57. The van der Waals surface area contributed by atoms with Gasteiger partial charge in [-0.15, -0.1) is 0 Å². The topological polar surface area (TPSA) is 32.8 Å². The molecular formula is C11H16O2. The van der Waals surface area contributed by atoms with Crippen molar-refractivity contribution in [2.75, 3.05) is 6.61 Å². The predicted octanol–water partition coefficient (Wildman–Crippen LogP) is 1.82. The summed E-state index contributed by atoms with van der Waals surface area (Å²) in [6.45, 7) is 3.73. The van der Waals surface area contributed by atoms with Crippen LogP contribution in [0.5, 0.6) is 0 Å². The van der Waals surface area contributed by atoms with E-state index in [4.69, 9.17) is 9.84 Å². The lowest BCUT2D eigenvalue weighted by Crippen LogP contribution is -1.97. The van der Waals surface area contributed by atoms with Crippen LogP contribution in [0.15, 0.2) is 37.0 Å². The summed E-state index contributed by atoms with van der Waals surface area (Å²) < 4.78 is 5.16. The van der Waals surface area contributed by atoms with E-state index in [-0.39, 0.29) is 18.8 Å². The molecule has 0 aromatic heterocycles. The van der Waals surface area contributed by atoms with E-state index >= 15 is 0 Å². The normalized spacial score (nSPS) is 27.2. The van der Waals surface area contributed by atoms with Gasteiger partial charge in [0, 0.05) is 0 Å². The number of aliphatic hydroxyl groups excluding tert-OH is 1. The molecule has 1 aliphatic heterocycles. The van der Waals surface area contributed by atoms with E-state index in [1.807, 2.05) is 12.2 Å². The molecule has 0 aliphatic carbocycles. The molecule has 1 rings (SSSR count). The van der Waals surface area contributed by atoms with Gasteiger partial charge in [-0.2, -0.15) is 0 Å². The molecule has 13 heavy (non-hydrogen) atoms. The third kappa shape index (κ3) is 4.06. The third-order valence-electron chi connectivity index (χ3n) is 1.95. The number of aliphatic hydroxyl groups is 1. The van der Waals surface area contributed by atoms with Crippen LogP contribution in [-0.4, -0.2) is 23.9 Å². The summed E-state index contributed by atoms with van der Waals surface area (Å²) in [5.41, 5.74) is 0. The van der Waals surface area contributed by atoms with Crippen molar-refractivity contribution in [2.45, 2.75) is 25.0 Å². The largest absolute Gasteiger partial charge is 0.394 e. The van der Waals surface area contributed by atoms with Crippen molar-refractivity contribution in [1.82, 2.24) is 0 Å². The monoisotopic (exact) mass is 180 g/mol. The van der Waals surface area contributed by atoms with E-state index in [2.05, 4.69) is 18.7 Å². The fourth-order valence-corrected chi connectivity index (χ4v) is 1.13. The van der Waals surface area contributed by atoms with E-state index in [1.54, 1.807) is 6.08 Å². The lowest BCUT2D eigenvalue weighted by molar-refractivity contribution is 0.242. The van der Waals surface area contributed by atoms with E-state index in [1.165, 1.54) is 0 Å². The van der Waals surface area contributed by atoms with Crippen LogP contribution in [0.1, 0.15) is 12.8 Å². The molecule has 0 saturated carbocycles. The molecule has 0 bridgehead atoms. The Bertz CT molecular complexity index is 206. The highest BCUT2D eigenvalue weighted by atomic mass is 16.6. The smallest absolute Gasteiger partial charge is 0.107 e. The van der Waals surface area contributed by atoms with Crippen LogP contribution < -0.4 is 0 Å². The molecule has 1 heterocycles. The second-order valence-corrected chi connectivity index (χ2v) is 3.00. The van der Waals surface area contributed by atoms with Crippen molar-refractivity contribution in [3.05, 3.63) is 37.0 Å². The molecule has 72 valence electrons. The van der Waals surface area contributed by atoms with Crippen molar-refractivity contribution >= 4 is 0 Å². The molecule has 2 atom stereocenters. The molecule has 0 spiro atoms. The van der Waals surface area contributed by atoms with Crippen molar-refractivity contribution in [1.29, 1.82) is 0 Å². The number of epoxide rings is 1. The maximum absolute atomic E-state index is 8.68. The van der Waals surface area contributed by atoms with Gasteiger partial charge in [0.2, 0.25) is 0 Å². The second-order valence-electron chi connectivity index (χ2n) is 3.00. The molecule has 2 heteroatoms. The SMILES string of the molecule is C=CC=CC/C=C\CC1OC1CO. The molecule has 0 amide bonds. The number of allylic oxidation sites excluding steroid dienone is 4. The Labute approximate surface area is 79.2 Å². The number of hydrogen-bond donors (Lipinski definition) is 1. The molecule has 1 saturated heterocycles. The Kier molecular flexibility index (Phi) is 4.50. The van der Waals surface area contributed by atoms with Crippen LogP contribution >= 0.6 is 0 Å². The maximum atomic E-state index is 8.68. The minimum absolute atomic E-state index is 0.0911. The van der Waals surface area contributed by atoms with Gasteiger partial charge in [0.15, 0.2) is 0 Å². The second kappa shape index (κ2) is 5.73. The highest BCUT2D eigenvalue weighted by molar-refractivity contribution is 5.02. The molecule has 2 unspecified atom stereocenters. The Morgan fingerprint density at radius 1 is 1.23 bits per heavy atom. The molecule has 2 nitrogen and oxygen atoms in total. The summed E-state index contributed by atoms with van der Waals surface area (Å²) in [6.07, 6.45) is 12.1. The van der Waals surface area contributed by atoms with Crippen LogP contribution in [0.3, 0.4) is 0 Å². The van der Waals surface area contributed by atoms with E-state index in [0.29, 0.717) is 0 Å². The fraction of sp³-hybridized carbons (Fsp3) is 0.455. The number of ether oxygens (including phenoxy) is 1. The molecule has 1 aliphatic rings. The van der Waals surface area contributed by atoms with Crippen molar-refractivity contribution in [3.8, 4) is 0 Å². The summed E-state index contributed by atoms with van der Waals surface area (Å²) in [5.74, 6) is 0. The van der Waals surface area contributed by atoms with Gasteiger partial charge in [0.05, 0.1) is 12.7 Å². The first kappa shape index (κ1) is 10.2. The summed E-state index contributed by atoms with van der Waals surface area (Å²) in [4.78, 5) is 0. The Morgan fingerprint density at radius 2 is 2.08 bits per heavy atom. The van der Waals surface area contributed by atoms with E-state index in [9.17, 15) is 0 Å². The zero-order valence-electron chi connectivity index (χ0n) is 7.73. The number of hydrogen-bond acceptors (Lipinski definition) is 2. The van der Waals surface area contributed by atoms with Gasteiger partial charge in [-0.25, -0.2) is 0 Å². The van der Waals surface area contributed by atoms with Gasteiger partial charge in [0.1, 0.15) is 6.10 Å². The van der Waals surface area contributed by atoms with E-state index < -0.39 is 0 Å². The van der Waals surface area contributed by atoms with Gasteiger partial charge in [-0.05, 0) is 12.8 Å². The Balaban J connectivity index is 1.99. The zero-order chi connectivity index (χ0) is 9.52. The minimum Gasteiger partial charge on any atom is -0.394 e. The van der Waals surface area contributed by atoms with Crippen molar-refractivity contribution < 1.29 is 9.84 Å². The van der Waals surface area contributed by atoms with Gasteiger partial charge in [-0.1, -0.05) is 37.0 Å². The Morgan fingerprint density at radius 3 is 2.69 bits per heavy atom. The van der Waals surface area contributed by atoms with Gasteiger partial charge >= 0.3 is 0 Å². The van der Waals surface area contributed by atoms with Crippen LogP contribution in [0.2, 0.25) is 0 Å². The average molecular weight is 180 g/mol. The molecule has 1 fully saturated rings. The molecule has 0 aromatic rings. The Hall–Kier alpha value is -0.860. The van der Waals surface area contributed by atoms with E-state index in [0.717, 1.165) is 12.8 Å². The highest BCUT2D eigenvalue weighted by Gasteiger charge is 2.36. The molecule has 1 N–H and O–H groups in total. The van der Waals surface area contributed by atoms with Crippen molar-refractivity contribution in [3.63, 3.8) is 0 Å². The van der Waals surface area contributed by atoms with Gasteiger partial charge < -0.3 is 9.84 Å². The van der Waals surface area contributed by atoms with Crippen LogP contribution in [-0.2, 0) is 4.74 Å². The fourth-order valence-electron chi connectivity index (χ4n) is 1.13. The summed E-state index contributed by atoms with van der Waals surface area (Å²) in [7, 11) is 0. The predicted molar refractivity (Wildman–Crippen MR) is 53.5 cm³/mol. The molecule has 0 aromatic carbocycles.